The molecule has 0 saturated heterocycles. The molecule has 15 heavy (non-hydrogen) atoms. The number of hydrogen-bond donors (Lipinski definition) is 0. The lowest BCUT2D eigenvalue weighted by Crippen LogP contribution is -2.31. The molecule has 0 fully saturated rings. The van der Waals surface area contributed by atoms with Crippen LogP contribution in [0.25, 0.3) is 0 Å². The summed E-state index contributed by atoms with van der Waals surface area (Å²) >= 11 is 2.23. The van der Waals surface area contributed by atoms with Crippen LogP contribution in [0.2, 0.25) is 0 Å². The third-order valence-corrected chi connectivity index (χ3v) is 2.98. The van der Waals surface area contributed by atoms with Crippen molar-refractivity contribution in [1.29, 1.82) is 0 Å². The Morgan fingerprint density at radius 2 is 2.07 bits per heavy atom. The van der Waals surface area contributed by atoms with Crippen molar-refractivity contribution < 1.29 is 4.79 Å². The van der Waals surface area contributed by atoms with Gasteiger partial charge in [-0.05, 0) is 48.6 Å². The van der Waals surface area contributed by atoms with E-state index in [1.807, 2.05) is 31.2 Å². The summed E-state index contributed by atoms with van der Waals surface area (Å²) in [5.41, 5.74) is 1.52. The van der Waals surface area contributed by atoms with Crippen molar-refractivity contribution >= 4 is 34.2 Å². The van der Waals surface area contributed by atoms with Gasteiger partial charge in [-0.1, -0.05) is 18.7 Å². The lowest BCUT2D eigenvalue weighted by atomic mass is 10.2. The normalized spacial score (nSPS) is 9.80. The number of carbonyl (C=O) groups is 1. The van der Waals surface area contributed by atoms with Crippen molar-refractivity contribution in [2.45, 2.75) is 13.8 Å². The van der Waals surface area contributed by atoms with Gasteiger partial charge in [-0.2, -0.15) is 0 Å². The predicted molar refractivity (Wildman–Crippen MR) is 72.0 cm³/mol. The van der Waals surface area contributed by atoms with E-state index in [4.69, 9.17) is 0 Å². The van der Waals surface area contributed by atoms with Gasteiger partial charge in [0.1, 0.15) is 0 Å². The molecule has 2 nitrogen and oxygen atoms in total. The predicted octanol–water partition coefficient (Wildman–Crippen LogP) is 3.22. The third kappa shape index (κ3) is 2.81. The lowest BCUT2D eigenvalue weighted by molar-refractivity contribution is -0.115. The topological polar surface area (TPSA) is 20.3 Å². The molecule has 0 N–H and O–H groups in total. The SMILES string of the molecule is C=C(C)C(=O)N(CC)c1ccccc1I. The fourth-order valence-corrected chi connectivity index (χ4v) is 2.00. The van der Waals surface area contributed by atoms with Gasteiger partial charge in [0.05, 0.1) is 5.69 Å². The van der Waals surface area contributed by atoms with E-state index >= 15 is 0 Å². The molecule has 0 bridgehead atoms. The molecule has 0 aromatic heterocycles. The molecule has 0 unspecified atom stereocenters. The second kappa shape index (κ2) is 5.30. The Bertz CT molecular complexity index is 387. The van der Waals surface area contributed by atoms with Crippen LogP contribution in [0.5, 0.6) is 0 Å². The summed E-state index contributed by atoms with van der Waals surface area (Å²) in [4.78, 5) is 13.6. The van der Waals surface area contributed by atoms with E-state index in [2.05, 4.69) is 29.2 Å². The average Bonchev–Trinajstić information content (AvgIpc) is 2.21. The fourth-order valence-electron chi connectivity index (χ4n) is 1.32. The van der Waals surface area contributed by atoms with E-state index in [9.17, 15) is 4.79 Å². The van der Waals surface area contributed by atoms with Crippen molar-refractivity contribution in [2.24, 2.45) is 0 Å². The van der Waals surface area contributed by atoms with Crippen molar-refractivity contribution in [1.82, 2.24) is 0 Å². The van der Waals surface area contributed by atoms with E-state index in [1.165, 1.54) is 0 Å². The van der Waals surface area contributed by atoms with Crippen LogP contribution in [-0.2, 0) is 4.79 Å². The Hall–Kier alpha value is -0.840. The molecule has 1 amide bonds. The van der Waals surface area contributed by atoms with Gasteiger partial charge in [0.2, 0.25) is 0 Å². The highest BCUT2D eigenvalue weighted by atomic mass is 127. The van der Waals surface area contributed by atoms with Gasteiger partial charge in [-0.3, -0.25) is 4.79 Å². The summed E-state index contributed by atoms with van der Waals surface area (Å²) in [6, 6.07) is 7.84. The molecule has 1 aromatic carbocycles. The van der Waals surface area contributed by atoms with Crippen molar-refractivity contribution in [3.63, 3.8) is 0 Å². The van der Waals surface area contributed by atoms with Gasteiger partial charge in [-0.25, -0.2) is 0 Å². The number of rotatable bonds is 3. The molecule has 3 heteroatoms. The van der Waals surface area contributed by atoms with Crippen molar-refractivity contribution in [2.75, 3.05) is 11.4 Å². The molecule has 0 atom stereocenters. The highest BCUT2D eigenvalue weighted by Gasteiger charge is 2.15. The van der Waals surface area contributed by atoms with E-state index in [1.54, 1.807) is 11.8 Å². The zero-order chi connectivity index (χ0) is 11.4. The first kappa shape index (κ1) is 12.2. The summed E-state index contributed by atoms with van der Waals surface area (Å²) < 4.78 is 1.08. The number of para-hydroxylation sites is 1. The summed E-state index contributed by atoms with van der Waals surface area (Å²) in [7, 11) is 0. The van der Waals surface area contributed by atoms with Crippen LogP contribution in [0.15, 0.2) is 36.4 Å². The number of likely N-dealkylation sites (N-methyl/N-ethyl adjacent to an activating group) is 1. The molecule has 1 aromatic rings. The van der Waals surface area contributed by atoms with E-state index in [0.717, 1.165) is 9.26 Å². The minimum absolute atomic E-state index is 0.0124. The highest BCUT2D eigenvalue weighted by molar-refractivity contribution is 14.1. The molecule has 1 rings (SSSR count). The summed E-state index contributed by atoms with van der Waals surface area (Å²) in [5.74, 6) is -0.0124. The summed E-state index contributed by atoms with van der Waals surface area (Å²) in [5, 5.41) is 0. The standard InChI is InChI=1S/C12H14INO/c1-4-14(12(15)9(2)3)11-8-6-5-7-10(11)13/h5-8H,2,4H2,1,3H3. The molecule has 0 saturated carbocycles. The van der Waals surface area contributed by atoms with Crippen LogP contribution in [0.1, 0.15) is 13.8 Å². The zero-order valence-electron chi connectivity index (χ0n) is 8.96. The number of halogens is 1. The maximum Gasteiger partial charge on any atom is 0.253 e. The quantitative estimate of drug-likeness (QED) is 0.619. The average molecular weight is 315 g/mol. The second-order valence-corrected chi connectivity index (χ2v) is 4.44. The first-order valence-corrected chi connectivity index (χ1v) is 5.87. The first-order chi connectivity index (χ1) is 7.07. The molecule has 0 aliphatic carbocycles. The number of hydrogen-bond acceptors (Lipinski definition) is 1. The zero-order valence-corrected chi connectivity index (χ0v) is 11.1. The monoisotopic (exact) mass is 315 g/mol. The van der Waals surface area contributed by atoms with E-state index < -0.39 is 0 Å². The smallest absolute Gasteiger partial charge is 0.253 e. The molecular formula is C12H14INO. The van der Waals surface area contributed by atoms with E-state index in [0.29, 0.717) is 12.1 Å². The van der Waals surface area contributed by atoms with Crippen molar-refractivity contribution in [3.05, 3.63) is 40.0 Å². The number of anilines is 1. The number of carbonyl (C=O) groups excluding carboxylic acids is 1. The lowest BCUT2D eigenvalue weighted by Gasteiger charge is -2.22. The van der Waals surface area contributed by atoms with Gasteiger partial charge < -0.3 is 4.90 Å². The maximum absolute atomic E-state index is 11.8. The Kier molecular flexibility index (Phi) is 4.32. The Balaban J connectivity index is 3.08. The minimum atomic E-state index is -0.0124. The van der Waals surface area contributed by atoms with Crippen LogP contribution in [-0.4, -0.2) is 12.5 Å². The van der Waals surface area contributed by atoms with Gasteiger partial charge in [0, 0.05) is 15.7 Å². The molecule has 0 radical (unpaired) electrons. The molecule has 0 spiro atoms. The summed E-state index contributed by atoms with van der Waals surface area (Å²) in [6.07, 6.45) is 0. The Morgan fingerprint density at radius 3 is 2.53 bits per heavy atom. The van der Waals surface area contributed by atoms with Gasteiger partial charge >= 0.3 is 0 Å². The van der Waals surface area contributed by atoms with Gasteiger partial charge in [-0.15, -0.1) is 0 Å². The van der Waals surface area contributed by atoms with Crippen LogP contribution >= 0.6 is 22.6 Å². The molecule has 0 aliphatic heterocycles. The van der Waals surface area contributed by atoms with Crippen LogP contribution in [0.3, 0.4) is 0 Å². The summed E-state index contributed by atoms with van der Waals surface area (Å²) in [6.45, 7) is 8.04. The highest BCUT2D eigenvalue weighted by Crippen LogP contribution is 2.22. The molecule has 0 heterocycles. The van der Waals surface area contributed by atoms with Crippen LogP contribution in [0, 0.1) is 3.57 Å². The van der Waals surface area contributed by atoms with Crippen LogP contribution < -0.4 is 4.90 Å². The third-order valence-electron chi connectivity index (χ3n) is 2.07. The minimum Gasteiger partial charge on any atom is -0.308 e. The maximum atomic E-state index is 11.8. The molecular weight excluding hydrogens is 301 g/mol. The number of benzene rings is 1. The van der Waals surface area contributed by atoms with Crippen LogP contribution in [0.4, 0.5) is 5.69 Å². The van der Waals surface area contributed by atoms with Gasteiger partial charge in [0.15, 0.2) is 0 Å². The van der Waals surface area contributed by atoms with Crippen molar-refractivity contribution in [3.8, 4) is 0 Å². The van der Waals surface area contributed by atoms with Gasteiger partial charge in [0.25, 0.3) is 5.91 Å². The Morgan fingerprint density at radius 1 is 1.47 bits per heavy atom. The largest absolute Gasteiger partial charge is 0.308 e. The molecule has 0 aliphatic rings. The van der Waals surface area contributed by atoms with E-state index in [-0.39, 0.29) is 5.91 Å². The second-order valence-electron chi connectivity index (χ2n) is 3.28. The first-order valence-electron chi connectivity index (χ1n) is 4.79. The fraction of sp³-hybridized carbons (Fsp3) is 0.250. The number of amides is 1. The molecule has 80 valence electrons. The number of nitrogens with zero attached hydrogens (tertiary/aromatic N) is 1. The Labute approximate surface area is 104 Å².